The first-order valence-corrected chi connectivity index (χ1v) is 0. The van der Waals surface area contributed by atoms with Crippen molar-refractivity contribution in [2.75, 3.05) is 0 Å². The van der Waals surface area contributed by atoms with E-state index in [1.807, 2.05) is 0 Å². The van der Waals surface area contributed by atoms with Crippen molar-refractivity contribution < 1.29 is 21.1 Å². The van der Waals surface area contributed by atoms with Crippen LogP contribution in [0.25, 0.3) is 0 Å². The Balaban J connectivity index is 0. The molecule has 0 unspecified atom stereocenters. The summed E-state index contributed by atoms with van der Waals surface area (Å²) < 4.78 is 0. The summed E-state index contributed by atoms with van der Waals surface area (Å²) >= 11 is 0. The minimum Gasteiger partial charge on any atom is 0 e. The largest absolute Gasteiger partial charge is 0 e. The van der Waals surface area contributed by atoms with E-state index in [0.29, 0.717) is 0 Å². The van der Waals surface area contributed by atoms with Gasteiger partial charge in [-0.25, -0.2) is 0 Å². The normalized spacial score (nSPS) is 0. The molecule has 0 atom stereocenters. The Morgan fingerprint density at radius 2 is 0.250 bits per heavy atom. The minimum absolute atomic E-state index is 0. The van der Waals surface area contributed by atoms with E-state index in [1.165, 1.54) is 0 Å². The van der Waals surface area contributed by atoms with Crippen molar-refractivity contribution in [3.8, 4) is 0 Å². The fourth-order valence-corrected chi connectivity index (χ4v) is 0. The van der Waals surface area contributed by atoms with Gasteiger partial charge in [-0.15, -0.1) is 124 Å². The number of rotatable bonds is 0. The van der Waals surface area contributed by atoms with Crippen molar-refractivity contribution in [3.63, 3.8) is 0 Å². The van der Waals surface area contributed by atoms with Crippen LogP contribution in [0.15, 0.2) is 0 Å². The third-order valence-corrected chi connectivity index (χ3v) is 0. The van der Waals surface area contributed by atoms with Gasteiger partial charge in [0.05, 0.1) is 0 Å². The van der Waals surface area contributed by atoms with Crippen LogP contribution in [0.5, 0.6) is 0 Å². The van der Waals surface area contributed by atoms with E-state index in [4.69, 9.17) is 0 Å². The Kier molecular flexibility index (Phi) is 2780. The quantitative estimate of drug-likeness (QED) is 0.348. The van der Waals surface area contributed by atoms with Gasteiger partial charge in [0.25, 0.3) is 0 Å². The summed E-state index contributed by atoms with van der Waals surface area (Å²) in [7, 11) is 0. The first-order valence-electron chi connectivity index (χ1n) is 0. The zero-order valence-electron chi connectivity index (χ0n) is 5.20. The molecule has 0 aliphatic rings. The molecule has 0 aromatic rings. The van der Waals surface area contributed by atoms with Crippen LogP contribution in [0.3, 0.4) is 0 Å². The molecular weight excluding hydrogens is 657 g/mol. The Hall–Kier alpha value is 4.39. The molecule has 0 heterocycles. The molecule has 0 amide bonds. The first-order chi connectivity index (χ1) is 0. The maximum absolute atomic E-state index is 0. The molecule has 0 saturated carbocycles. The van der Waals surface area contributed by atoms with Gasteiger partial charge in [0.2, 0.25) is 0 Å². The van der Waals surface area contributed by atoms with Crippen molar-refractivity contribution in [1.29, 1.82) is 0 Å². The van der Waals surface area contributed by atoms with Gasteiger partial charge in [-0.2, -0.15) is 0 Å². The molecule has 12 heavy (non-hydrogen) atoms. The fraction of sp³-hybridized carbons (Fsp3) is 0. The van der Waals surface area contributed by atoms with Crippen LogP contribution in [-0.4, -0.2) is 23.9 Å². The van der Waals surface area contributed by atoms with Crippen LogP contribution < -0.4 is 0 Å². The molecule has 0 nitrogen and oxygen atoms in total. The third-order valence-electron chi connectivity index (χ3n) is 0. The van der Waals surface area contributed by atoms with Crippen LogP contribution >= 0.6 is 124 Å². The SMILES string of the molecule is Cl.Cl.Cl.Cl.Cl.Cl.Cl.Cl.Cl.Cl.[SnH2].[W]. The molecule has 0 spiro atoms. The molecular formula is H12Cl10SnW. The van der Waals surface area contributed by atoms with Crippen molar-refractivity contribution >= 4 is 148 Å². The van der Waals surface area contributed by atoms with Gasteiger partial charge < -0.3 is 0 Å². The maximum Gasteiger partial charge on any atom is 0 e. The summed E-state index contributed by atoms with van der Waals surface area (Å²) in [5.74, 6) is 0. The van der Waals surface area contributed by atoms with E-state index in [0.717, 1.165) is 0 Å². The molecule has 92 valence electrons. The first kappa shape index (κ1) is 202. The van der Waals surface area contributed by atoms with Crippen LogP contribution in [0, 0.1) is 0 Å². The van der Waals surface area contributed by atoms with Gasteiger partial charge in [0.1, 0.15) is 0 Å². The second kappa shape index (κ2) is 165. The molecule has 0 bridgehead atoms. The summed E-state index contributed by atoms with van der Waals surface area (Å²) in [6, 6.07) is 0. The van der Waals surface area contributed by atoms with Gasteiger partial charge in [-0.3, -0.25) is 0 Å². The van der Waals surface area contributed by atoms with Crippen molar-refractivity contribution in [1.82, 2.24) is 0 Å². The fourth-order valence-electron chi connectivity index (χ4n) is 0. The average Bonchev–Trinajstić information content (AvgIpc) is 0. The van der Waals surface area contributed by atoms with Crippen LogP contribution in [0.1, 0.15) is 0 Å². The van der Waals surface area contributed by atoms with Crippen LogP contribution in [0.4, 0.5) is 0 Å². The van der Waals surface area contributed by atoms with Crippen molar-refractivity contribution in [3.05, 3.63) is 0 Å². The monoisotopic (exact) mass is 666 g/mol. The van der Waals surface area contributed by atoms with Gasteiger partial charge in [0.15, 0.2) is 0 Å². The van der Waals surface area contributed by atoms with E-state index in [-0.39, 0.29) is 169 Å². The Bertz CT molecular complexity index is 9.80. The molecule has 0 aromatic carbocycles. The van der Waals surface area contributed by atoms with Gasteiger partial charge in [0, 0.05) is 21.1 Å². The predicted octanol–water partition coefficient (Wildman–Crippen LogP) is 3.30. The van der Waals surface area contributed by atoms with E-state index < -0.39 is 0 Å². The number of hydrogen-bond acceptors (Lipinski definition) is 0. The zero-order valence-corrected chi connectivity index (χ0v) is 20.3. The van der Waals surface area contributed by atoms with Crippen molar-refractivity contribution in [2.45, 2.75) is 0 Å². The summed E-state index contributed by atoms with van der Waals surface area (Å²) in [4.78, 5) is 0. The summed E-state index contributed by atoms with van der Waals surface area (Å²) in [5, 5.41) is 0. The third kappa shape index (κ3) is 134. The molecule has 12 heteroatoms. The maximum atomic E-state index is 0. The second-order valence-electron chi connectivity index (χ2n) is 0. The van der Waals surface area contributed by atoms with E-state index in [2.05, 4.69) is 0 Å². The van der Waals surface area contributed by atoms with Gasteiger partial charge >= 0.3 is 23.9 Å². The molecule has 0 aliphatic carbocycles. The summed E-state index contributed by atoms with van der Waals surface area (Å²) in [6.07, 6.45) is 0. The van der Waals surface area contributed by atoms with E-state index in [1.54, 1.807) is 0 Å². The topological polar surface area (TPSA) is 0 Å². The summed E-state index contributed by atoms with van der Waals surface area (Å²) in [5.41, 5.74) is 0. The van der Waals surface area contributed by atoms with Crippen molar-refractivity contribution in [2.24, 2.45) is 0 Å². The second-order valence-corrected chi connectivity index (χ2v) is 0. The Morgan fingerprint density at radius 3 is 0.250 bits per heavy atom. The van der Waals surface area contributed by atoms with Gasteiger partial charge in [-0.1, -0.05) is 0 Å². The molecule has 0 rings (SSSR count). The molecule has 0 saturated heterocycles. The average molecular weight is 669 g/mol. The molecule has 0 fully saturated rings. The van der Waals surface area contributed by atoms with Crippen LogP contribution in [-0.2, 0) is 21.1 Å². The molecule has 0 N–H and O–H groups in total. The minimum atomic E-state index is 0. The van der Waals surface area contributed by atoms with E-state index in [9.17, 15) is 0 Å². The molecule has 0 aliphatic heterocycles. The Labute approximate surface area is 166 Å². The number of hydrogen-bond donors (Lipinski definition) is 0. The zero-order chi connectivity index (χ0) is 0. The molecule has 0 aromatic heterocycles. The Morgan fingerprint density at radius 1 is 0.250 bits per heavy atom. The molecule has 2 radical (unpaired) electrons. The standard InChI is InChI=1S/10ClH.Sn.W.2H/h10*1H;;;;. The smallest absolute Gasteiger partial charge is 0 e. The van der Waals surface area contributed by atoms with E-state index >= 15 is 0 Å². The van der Waals surface area contributed by atoms with Crippen LogP contribution in [0.2, 0.25) is 0 Å². The van der Waals surface area contributed by atoms with Gasteiger partial charge in [-0.05, 0) is 0 Å². The predicted molar refractivity (Wildman–Crippen MR) is 81.0 cm³/mol. The number of halogens is 10. The summed E-state index contributed by atoms with van der Waals surface area (Å²) in [6.45, 7) is 0.